The molecule has 0 aliphatic heterocycles. The van der Waals surface area contributed by atoms with Crippen molar-refractivity contribution in [3.8, 4) is 12.1 Å². The summed E-state index contributed by atoms with van der Waals surface area (Å²) in [4.78, 5) is 0. The van der Waals surface area contributed by atoms with E-state index in [1.807, 2.05) is 72.8 Å². The Kier molecular flexibility index (Phi) is 4.97. The van der Waals surface area contributed by atoms with Crippen molar-refractivity contribution in [3.63, 3.8) is 0 Å². The molecule has 0 N–H and O–H groups in total. The molecule has 5 rings (SSSR count). The van der Waals surface area contributed by atoms with Crippen LogP contribution in [0.5, 0.6) is 0 Å². The highest BCUT2D eigenvalue weighted by atomic mass is 14.3. The van der Waals surface area contributed by atoms with Crippen LogP contribution in [0.2, 0.25) is 0 Å². The number of nitrogens with zero attached hydrogens (tertiary/aromatic N) is 2. The fourth-order valence-electron chi connectivity index (χ4n) is 4.22. The van der Waals surface area contributed by atoms with E-state index in [1.54, 1.807) is 0 Å². The average molecular weight is 406 g/mol. The SMILES string of the molecule is N#CC(C#N)=C(/C=C/c1c2ccccc2cc2ccccc12)c1ccc2ccccc2c1. The summed E-state index contributed by atoms with van der Waals surface area (Å²) in [7, 11) is 0. The van der Waals surface area contributed by atoms with Gasteiger partial charge in [0, 0.05) is 5.57 Å². The molecule has 0 atom stereocenters. The van der Waals surface area contributed by atoms with Crippen LogP contribution in [0.3, 0.4) is 0 Å². The van der Waals surface area contributed by atoms with E-state index in [2.05, 4.69) is 48.5 Å². The zero-order chi connectivity index (χ0) is 21.9. The lowest BCUT2D eigenvalue weighted by Gasteiger charge is -2.10. The third-order valence-corrected chi connectivity index (χ3v) is 5.78. The first-order chi connectivity index (χ1) is 15.8. The minimum absolute atomic E-state index is 0.0982. The average Bonchev–Trinajstić information content (AvgIpc) is 2.85. The highest BCUT2D eigenvalue weighted by molar-refractivity contribution is 6.07. The zero-order valence-electron chi connectivity index (χ0n) is 17.3. The number of nitriles is 2. The van der Waals surface area contributed by atoms with E-state index in [0.717, 1.165) is 43.4 Å². The highest BCUT2D eigenvalue weighted by Gasteiger charge is 2.09. The van der Waals surface area contributed by atoms with Gasteiger partial charge in [0.25, 0.3) is 0 Å². The number of hydrogen-bond acceptors (Lipinski definition) is 2. The van der Waals surface area contributed by atoms with E-state index >= 15 is 0 Å². The first-order valence-electron chi connectivity index (χ1n) is 10.4. The number of fused-ring (bicyclic) bond motifs is 3. The maximum atomic E-state index is 9.65. The van der Waals surface area contributed by atoms with E-state index in [9.17, 15) is 10.5 Å². The summed E-state index contributed by atoms with van der Waals surface area (Å²) in [6, 6.07) is 37.0. The summed E-state index contributed by atoms with van der Waals surface area (Å²) in [5.74, 6) is 0. The summed E-state index contributed by atoms with van der Waals surface area (Å²) in [5, 5.41) is 26.1. The summed E-state index contributed by atoms with van der Waals surface area (Å²) in [6.07, 6.45) is 3.93. The Morgan fingerprint density at radius 3 is 1.78 bits per heavy atom. The van der Waals surface area contributed by atoms with Crippen molar-refractivity contribution in [2.45, 2.75) is 0 Å². The zero-order valence-corrected chi connectivity index (χ0v) is 17.3. The second kappa shape index (κ2) is 8.23. The minimum atomic E-state index is 0.0982. The van der Waals surface area contributed by atoms with Crippen molar-refractivity contribution in [2.24, 2.45) is 0 Å². The lowest BCUT2D eigenvalue weighted by atomic mass is 9.94. The van der Waals surface area contributed by atoms with E-state index in [-0.39, 0.29) is 5.57 Å². The van der Waals surface area contributed by atoms with Crippen molar-refractivity contribution in [3.05, 3.63) is 120 Å². The molecule has 0 fully saturated rings. The van der Waals surface area contributed by atoms with Crippen molar-refractivity contribution in [1.29, 1.82) is 10.5 Å². The largest absolute Gasteiger partial charge is 0.192 e. The van der Waals surface area contributed by atoms with Crippen LogP contribution < -0.4 is 0 Å². The number of hydrogen-bond donors (Lipinski definition) is 0. The minimum Gasteiger partial charge on any atom is -0.192 e. The van der Waals surface area contributed by atoms with Gasteiger partial charge in [0.05, 0.1) is 0 Å². The number of benzene rings is 5. The molecular weight excluding hydrogens is 388 g/mol. The molecule has 0 radical (unpaired) electrons. The van der Waals surface area contributed by atoms with Gasteiger partial charge < -0.3 is 0 Å². The Balaban J connectivity index is 1.74. The molecule has 2 heteroatoms. The summed E-state index contributed by atoms with van der Waals surface area (Å²) in [6.45, 7) is 0. The lowest BCUT2D eigenvalue weighted by Crippen LogP contribution is -1.88. The van der Waals surface area contributed by atoms with Crippen LogP contribution in [0, 0.1) is 22.7 Å². The highest BCUT2D eigenvalue weighted by Crippen LogP contribution is 2.31. The molecule has 0 aliphatic carbocycles. The predicted octanol–water partition coefficient (Wildman–Crippen LogP) is 7.66. The van der Waals surface area contributed by atoms with Crippen LogP contribution >= 0.6 is 0 Å². The van der Waals surface area contributed by atoms with Gasteiger partial charge in [0.15, 0.2) is 0 Å². The monoisotopic (exact) mass is 406 g/mol. The van der Waals surface area contributed by atoms with Gasteiger partial charge in [-0.05, 0) is 55.6 Å². The Labute approximate surface area is 186 Å². The van der Waals surface area contributed by atoms with Gasteiger partial charge in [0.2, 0.25) is 0 Å². The second-order valence-corrected chi connectivity index (χ2v) is 7.64. The Hall–Kier alpha value is -4.66. The standard InChI is InChI=1S/C30H18N2/c31-19-26(20-32)27(25-14-13-21-7-1-2-8-22(21)17-25)15-16-30-28-11-5-3-9-23(28)18-24-10-4-6-12-29(24)30/h1-18H/b16-15+. The molecule has 32 heavy (non-hydrogen) atoms. The van der Waals surface area contributed by atoms with E-state index in [4.69, 9.17) is 0 Å². The maximum absolute atomic E-state index is 9.65. The van der Waals surface area contributed by atoms with Crippen LogP contribution in [-0.4, -0.2) is 0 Å². The first-order valence-corrected chi connectivity index (χ1v) is 10.4. The molecule has 5 aromatic carbocycles. The third kappa shape index (κ3) is 3.41. The topological polar surface area (TPSA) is 47.6 Å². The quantitative estimate of drug-likeness (QED) is 0.175. The van der Waals surface area contributed by atoms with Crippen LogP contribution in [0.15, 0.2) is 109 Å². The summed E-state index contributed by atoms with van der Waals surface area (Å²) < 4.78 is 0. The molecule has 5 aromatic rings. The van der Waals surface area contributed by atoms with Gasteiger partial charge in [0.1, 0.15) is 17.7 Å². The number of allylic oxidation sites excluding steroid dienone is 3. The second-order valence-electron chi connectivity index (χ2n) is 7.64. The molecule has 0 saturated heterocycles. The van der Waals surface area contributed by atoms with Crippen LogP contribution in [0.1, 0.15) is 11.1 Å². The molecule has 0 unspecified atom stereocenters. The third-order valence-electron chi connectivity index (χ3n) is 5.78. The molecule has 0 amide bonds. The fourth-order valence-corrected chi connectivity index (χ4v) is 4.22. The van der Waals surface area contributed by atoms with Gasteiger partial charge in [-0.3, -0.25) is 0 Å². The predicted molar refractivity (Wildman–Crippen MR) is 133 cm³/mol. The summed E-state index contributed by atoms with van der Waals surface area (Å²) in [5.41, 5.74) is 2.65. The molecular formula is C30H18N2. The molecule has 0 aliphatic rings. The van der Waals surface area contributed by atoms with Gasteiger partial charge in [-0.25, -0.2) is 0 Å². The van der Waals surface area contributed by atoms with Crippen molar-refractivity contribution in [2.75, 3.05) is 0 Å². The van der Waals surface area contributed by atoms with E-state index < -0.39 is 0 Å². The van der Waals surface area contributed by atoms with Crippen LogP contribution in [0.25, 0.3) is 44.0 Å². The molecule has 2 nitrogen and oxygen atoms in total. The van der Waals surface area contributed by atoms with Crippen molar-refractivity contribution in [1.82, 2.24) is 0 Å². The maximum Gasteiger partial charge on any atom is 0.137 e. The normalized spacial score (nSPS) is 10.9. The molecule has 0 saturated carbocycles. The number of rotatable bonds is 3. The fraction of sp³-hybridized carbons (Fsp3) is 0. The van der Waals surface area contributed by atoms with Crippen molar-refractivity contribution < 1.29 is 0 Å². The van der Waals surface area contributed by atoms with Gasteiger partial charge in [-0.1, -0.05) is 97.1 Å². The van der Waals surface area contributed by atoms with Crippen LogP contribution in [0.4, 0.5) is 0 Å². The molecule has 0 heterocycles. The van der Waals surface area contributed by atoms with Gasteiger partial charge in [-0.2, -0.15) is 10.5 Å². The molecule has 148 valence electrons. The smallest absolute Gasteiger partial charge is 0.137 e. The van der Waals surface area contributed by atoms with E-state index in [0.29, 0.717) is 5.57 Å². The van der Waals surface area contributed by atoms with Gasteiger partial charge in [-0.15, -0.1) is 0 Å². The Morgan fingerprint density at radius 1 is 0.594 bits per heavy atom. The Morgan fingerprint density at radius 2 is 1.16 bits per heavy atom. The van der Waals surface area contributed by atoms with Crippen molar-refractivity contribution >= 4 is 44.0 Å². The first kappa shape index (κ1) is 19.3. The lowest BCUT2D eigenvalue weighted by molar-refractivity contribution is 1.46. The molecule has 0 bridgehead atoms. The molecule has 0 aromatic heterocycles. The summed E-state index contributed by atoms with van der Waals surface area (Å²) >= 11 is 0. The van der Waals surface area contributed by atoms with Gasteiger partial charge >= 0.3 is 0 Å². The Bertz CT molecular complexity index is 1570. The van der Waals surface area contributed by atoms with E-state index in [1.165, 1.54) is 0 Å². The molecule has 0 spiro atoms. The van der Waals surface area contributed by atoms with Crippen LogP contribution in [-0.2, 0) is 0 Å².